The van der Waals surface area contributed by atoms with Gasteiger partial charge in [-0.3, -0.25) is 9.69 Å². The first kappa shape index (κ1) is 17.1. The van der Waals surface area contributed by atoms with Gasteiger partial charge in [0, 0.05) is 24.2 Å². The van der Waals surface area contributed by atoms with Crippen LogP contribution >= 0.6 is 11.6 Å². The zero-order chi connectivity index (χ0) is 16.3. The van der Waals surface area contributed by atoms with Gasteiger partial charge in [0.15, 0.2) is 9.84 Å². The predicted molar refractivity (Wildman–Crippen MR) is 83.1 cm³/mol. The van der Waals surface area contributed by atoms with E-state index in [4.69, 9.17) is 21.4 Å². The van der Waals surface area contributed by atoms with Crippen molar-refractivity contribution in [2.75, 3.05) is 25.2 Å². The zero-order valence-electron chi connectivity index (χ0n) is 12.2. The highest BCUT2D eigenvalue weighted by atomic mass is 35.5. The highest BCUT2D eigenvalue weighted by Crippen LogP contribution is 2.26. The lowest BCUT2D eigenvalue weighted by Gasteiger charge is -2.34. The first-order valence-electron chi connectivity index (χ1n) is 6.79. The molecule has 1 N–H and O–H groups in total. The fourth-order valence-corrected chi connectivity index (χ4v) is 4.35. The molecule has 2 rings (SSSR count). The Bertz CT molecular complexity index is 661. The Morgan fingerprint density at radius 3 is 2.82 bits per heavy atom. The molecular weight excluding hydrogens is 330 g/mol. The van der Waals surface area contributed by atoms with E-state index in [-0.39, 0.29) is 17.9 Å². The molecule has 1 fully saturated rings. The minimum atomic E-state index is -3.18. The summed E-state index contributed by atoms with van der Waals surface area (Å²) in [6.07, 6.45) is -0.201. The minimum Gasteiger partial charge on any atom is -0.497 e. The molecule has 0 aromatic heterocycles. The Balaban J connectivity index is 2.17. The largest absolute Gasteiger partial charge is 0.497 e. The van der Waals surface area contributed by atoms with Crippen LogP contribution in [0.15, 0.2) is 18.2 Å². The standard InChI is InChI=1S/C14H18ClNO5S/c1-21-12-3-2-10(13(15)7-12)8-16-4-5-22(19,20)9-11(16)6-14(17)18/h2-3,7,11H,4-6,8-9H2,1H3,(H,17,18). The molecule has 1 aliphatic rings. The Morgan fingerprint density at radius 2 is 2.23 bits per heavy atom. The van der Waals surface area contributed by atoms with Crippen LogP contribution in [0.3, 0.4) is 0 Å². The number of benzene rings is 1. The minimum absolute atomic E-state index is 0.0386. The number of nitrogens with zero attached hydrogens (tertiary/aromatic N) is 1. The molecule has 0 amide bonds. The van der Waals surface area contributed by atoms with Crippen LogP contribution in [0, 0.1) is 0 Å². The Labute approximate surface area is 134 Å². The summed E-state index contributed by atoms with van der Waals surface area (Å²) in [5.41, 5.74) is 0.817. The number of rotatable bonds is 5. The fourth-order valence-electron chi connectivity index (χ4n) is 2.52. The second-order valence-corrected chi connectivity index (χ2v) is 7.93. The lowest BCUT2D eigenvalue weighted by Crippen LogP contribution is -2.48. The molecule has 6 nitrogen and oxygen atoms in total. The maximum Gasteiger partial charge on any atom is 0.304 e. The molecule has 1 aromatic rings. The average Bonchev–Trinajstić information content (AvgIpc) is 2.42. The number of methoxy groups -OCH3 is 1. The molecule has 0 aliphatic carbocycles. The van der Waals surface area contributed by atoms with Crippen LogP contribution in [0.1, 0.15) is 12.0 Å². The van der Waals surface area contributed by atoms with E-state index in [0.29, 0.717) is 23.9 Å². The molecule has 1 heterocycles. The number of sulfone groups is 1. The average molecular weight is 348 g/mol. The van der Waals surface area contributed by atoms with Gasteiger partial charge in [-0.2, -0.15) is 0 Å². The third-order valence-corrected chi connectivity index (χ3v) is 5.75. The molecule has 1 unspecified atom stereocenters. The summed E-state index contributed by atoms with van der Waals surface area (Å²) < 4.78 is 28.5. The van der Waals surface area contributed by atoms with Gasteiger partial charge in [0.05, 0.1) is 25.0 Å². The summed E-state index contributed by atoms with van der Waals surface area (Å²) in [7, 11) is -1.64. The molecule has 22 heavy (non-hydrogen) atoms. The van der Waals surface area contributed by atoms with E-state index in [9.17, 15) is 13.2 Å². The van der Waals surface area contributed by atoms with Gasteiger partial charge in [-0.05, 0) is 17.7 Å². The van der Waals surface area contributed by atoms with Crippen molar-refractivity contribution in [1.82, 2.24) is 4.90 Å². The maximum atomic E-state index is 11.7. The van der Waals surface area contributed by atoms with E-state index in [1.54, 1.807) is 19.2 Å². The van der Waals surface area contributed by atoms with Crippen LogP contribution in [0.4, 0.5) is 0 Å². The first-order valence-corrected chi connectivity index (χ1v) is 8.99. The van der Waals surface area contributed by atoms with Crippen LogP contribution in [0.25, 0.3) is 0 Å². The maximum absolute atomic E-state index is 11.7. The zero-order valence-corrected chi connectivity index (χ0v) is 13.7. The molecule has 0 saturated carbocycles. The molecular formula is C14H18ClNO5S. The Kier molecular flexibility index (Phi) is 5.31. The van der Waals surface area contributed by atoms with Gasteiger partial charge < -0.3 is 9.84 Å². The number of hydrogen-bond donors (Lipinski definition) is 1. The van der Waals surface area contributed by atoms with E-state index in [0.717, 1.165) is 5.56 Å². The van der Waals surface area contributed by atoms with Crippen LogP contribution in [-0.4, -0.2) is 55.6 Å². The highest BCUT2D eigenvalue weighted by Gasteiger charge is 2.32. The van der Waals surface area contributed by atoms with Crippen LogP contribution in [-0.2, 0) is 21.2 Å². The van der Waals surface area contributed by atoms with Gasteiger partial charge in [-0.25, -0.2) is 8.42 Å². The van der Waals surface area contributed by atoms with Crippen molar-refractivity contribution in [3.63, 3.8) is 0 Å². The smallest absolute Gasteiger partial charge is 0.304 e. The van der Waals surface area contributed by atoms with Gasteiger partial charge in [0.1, 0.15) is 5.75 Å². The van der Waals surface area contributed by atoms with Crippen LogP contribution < -0.4 is 4.74 Å². The first-order chi connectivity index (χ1) is 10.3. The number of carbonyl (C=O) groups is 1. The van der Waals surface area contributed by atoms with Crippen LogP contribution in [0.5, 0.6) is 5.75 Å². The quantitative estimate of drug-likeness (QED) is 0.867. The van der Waals surface area contributed by atoms with Gasteiger partial charge in [0.2, 0.25) is 0 Å². The molecule has 1 aromatic carbocycles. The van der Waals surface area contributed by atoms with Crippen LogP contribution in [0.2, 0.25) is 5.02 Å². The monoisotopic (exact) mass is 347 g/mol. The van der Waals surface area contributed by atoms with E-state index in [2.05, 4.69) is 0 Å². The molecule has 1 atom stereocenters. The summed E-state index contributed by atoms with van der Waals surface area (Å²) in [6, 6.07) is 4.73. The van der Waals surface area contributed by atoms with Gasteiger partial charge in [-0.15, -0.1) is 0 Å². The predicted octanol–water partition coefficient (Wildman–Crippen LogP) is 1.42. The summed E-state index contributed by atoms with van der Waals surface area (Å²) in [4.78, 5) is 12.8. The third-order valence-electron chi connectivity index (χ3n) is 3.70. The van der Waals surface area contributed by atoms with Crippen molar-refractivity contribution in [1.29, 1.82) is 0 Å². The SMILES string of the molecule is COc1ccc(CN2CCS(=O)(=O)CC2CC(=O)O)c(Cl)c1. The summed E-state index contributed by atoms with van der Waals surface area (Å²) in [5, 5.41) is 9.49. The van der Waals surface area contributed by atoms with E-state index in [1.165, 1.54) is 0 Å². The lowest BCUT2D eigenvalue weighted by atomic mass is 10.1. The highest BCUT2D eigenvalue weighted by molar-refractivity contribution is 7.91. The van der Waals surface area contributed by atoms with E-state index < -0.39 is 21.8 Å². The molecule has 1 saturated heterocycles. The van der Waals surface area contributed by atoms with Crippen molar-refractivity contribution in [2.24, 2.45) is 0 Å². The van der Waals surface area contributed by atoms with Gasteiger partial charge >= 0.3 is 5.97 Å². The van der Waals surface area contributed by atoms with Gasteiger partial charge in [0.25, 0.3) is 0 Å². The van der Waals surface area contributed by atoms with Crippen molar-refractivity contribution in [2.45, 2.75) is 19.0 Å². The molecule has 0 bridgehead atoms. The van der Waals surface area contributed by atoms with Gasteiger partial charge in [-0.1, -0.05) is 17.7 Å². The molecule has 1 aliphatic heterocycles. The van der Waals surface area contributed by atoms with Crippen molar-refractivity contribution < 1.29 is 23.1 Å². The summed E-state index contributed by atoms with van der Waals surface area (Å²) in [6.45, 7) is 0.721. The molecule has 8 heteroatoms. The number of hydrogen-bond acceptors (Lipinski definition) is 5. The third kappa shape index (κ3) is 4.34. The lowest BCUT2D eigenvalue weighted by molar-refractivity contribution is -0.138. The number of ether oxygens (including phenoxy) is 1. The number of carboxylic acids is 1. The number of halogens is 1. The molecule has 122 valence electrons. The molecule has 0 spiro atoms. The summed E-state index contributed by atoms with van der Waals surface area (Å²) >= 11 is 6.20. The Hall–Kier alpha value is -1.31. The second kappa shape index (κ2) is 6.85. The van der Waals surface area contributed by atoms with Crippen molar-refractivity contribution >= 4 is 27.4 Å². The topological polar surface area (TPSA) is 83.9 Å². The number of aliphatic carboxylic acids is 1. The van der Waals surface area contributed by atoms with E-state index in [1.807, 2.05) is 11.0 Å². The normalized spacial score (nSPS) is 21.5. The van der Waals surface area contributed by atoms with Crippen molar-refractivity contribution in [3.05, 3.63) is 28.8 Å². The summed E-state index contributed by atoms with van der Waals surface area (Å²) in [5.74, 6) is -0.464. The van der Waals surface area contributed by atoms with E-state index >= 15 is 0 Å². The fraction of sp³-hybridized carbons (Fsp3) is 0.500. The second-order valence-electron chi connectivity index (χ2n) is 5.29. The van der Waals surface area contributed by atoms with Crippen molar-refractivity contribution in [3.8, 4) is 5.75 Å². The number of carboxylic acid groups (broad SMARTS) is 1. The Morgan fingerprint density at radius 1 is 1.50 bits per heavy atom. The molecule has 0 radical (unpaired) electrons.